The highest BCUT2D eigenvalue weighted by atomic mass is 32.2. The highest BCUT2D eigenvalue weighted by molar-refractivity contribution is 7.99. The van der Waals surface area contributed by atoms with Crippen molar-refractivity contribution >= 4 is 38.6 Å². The van der Waals surface area contributed by atoms with Gasteiger partial charge in [-0.15, -0.1) is 0 Å². The number of thioether (sulfide) groups is 1. The highest BCUT2D eigenvalue weighted by Crippen LogP contribution is 2.30. The zero-order chi connectivity index (χ0) is 22.8. The van der Waals surface area contributed by atoms with E-state index in [-0.39, 0.29) is 16.8 Å². The van der Waals surface area contributed by atoms with Crippen LogP contribution in [0, 0.1) is 5.41 Å². The molecule has 1 saturated heterocycles. The van der Waals surface area contributed by atoms with Gasteiger partial charge in [0.05, 0.1) is 34.3 Å². The van der Waals surface area contributed by atoms with E-state index < -0.39 is 15.4 Å². The maximum absolute atomic E-state index is 13.0. The van der Waals surface area contributed by atoms with Crippen LogP contribution in [-0.4, -0.2) is 59.6 Å². The van der Waals surface area contributed by atoms with Gasteiger partial charge in [-0.25, -0.2) is 13.4 Å². The Bertz CT molecular complexity index is 1030. The number of benzene rings is 1. The van der Waals surface area contributed by atoms with Gasteiger partial charge in [0.2, 0.25) is 10.0 Å². The Kier molecular flexibility index (Phi) is 7.50. The van der Waals surface area contributed by atoms with Crippen molar-refractivity contribution < 1.29 is 17.9 Å². The molecule has 1 aliphatic rings. The number of ketones is 1. The van der Waals surface area contributed by atoms with Crippen LogP contribution in [-0.2, 0) is 26.1 Å². The molecule has 0 aliphatic carbocycles. The minimum atomic E-state index is -3.57. The molecule has 1 atom stereocenters. The van der Waals surface area contributed by atoms with Crippen molar-refractivity contribution in [3.8, 4) is 0 Å². The Hall–Kier alpha value is -1.42. The van der Waals surface area contributed by atoms with E-state index in [1.165, 1.54) is 16.1 Å². The van der Waals surface area contributed by atoms with Crippen molar-refractivity contribution in [2.75, 3.05) is 25.4 Å². The molecule has 0 radical (unpaired) electrons. The number of hydrogen-bond donors (Lipinski definition) is 0. The first-order valence-electron chi connectivity index (χ1n) is 10.9. The van der Waals surface area contributed by atoms with E-state index in [1.54, 1.807) is 12.1 Å². The molecule has 1 aromatic carbocycles. The van der Waals surface area contributed by atoms with Crippen LogP contribution in [0.5, 0.6) is 0 Å². The maximum atomic E-state index is 13.0. The number of rotatable bonds is 9. The summed E-state index contributed by atoms with van der Waals surface area (Å²) in [5.41, 5.74) is 1.07. The summed E-state index contributed by atoms with van der Waals surface area (Å²) in [4.78, 5) is 17.4. The number of ether oxygens (including phenoxy) is 1. The van der Waals surface area contributed by atoms with E-state index in [4.69, 9.17) is 9.72 Å². The van der Waals surface area contributed by atoms with Crippen LogP contribution < -0.4 is 0 Å². The van der Waals surface area contributed by atoms with Crippen LogP contribution in [0.1, 0.15) is 47.5 Å². The molecule has 2 heterocycles. The topological polar surface area (TPSA) is 81.5 Å². The van der Waals surface area contributed by atoms with Gasteiger partial charge in [0.15, 0.2) is 5.16 Å². The second-order valence-electron chi connectivity index (χ2n) is 8.84. The van der Waals surface area contributed by atoms with Crippen LogP contribution in [0.3, 0.4) is 0 Å². The number of aromatic nitrogens is 2. The summed E-state index contributed by atoms with van der Waals surface area (Å²) in [6.07, 6.45) is 2.13. The molecule has 0 unspecified atom stereocenters. The summed E-state index contributed by atoms with van der Waals surface area (Å²) in [5, 5.41) is 0.723. The predicted octanol–water partition coefficient (Wildman–Crippen LogP) is 3.95. The molecule has 1 aliphatic heterocycles. The first kappa shape index (κ1) is 24.2. The predicted molar refractivity (Wildman–Crippen MR) is 124 cm³/mol. The van der Waals surface area contributed by atoms with Gasteiger partial charge in [0.1, 0.15) is 5.78 Å². The number of Topliss-reactive ketones (excluding diaryl/α,β-unsaturated/α-hetero) is 1. The second kappa shape index (κ2) is 9.60. The number of fused-ring (bicyclic) bond motifs is 1. The zero-order valence-electron chi connectivity index (χ0n) is 19.1. The Morgan fingerprint density at radius 2 is 2.00 bits per heavy atom. The lowest BCUT2D eigenvalue weighted by Gasteiger charge is -2.18. The first-order chi connectivity index (χ1) is 14.6. The molecule has 9 heteroatoms. The van der Waals surface area contributed by atoms with Crippen LogP contribution >= 0.6 is 11.8 Å². The minimum Gasteiger partial charge on any atom is -0.376 e. The van der Waals surface area contributed by atoms with Crippen molar-refractivity contribution in [2.45, 2.75) is 70.2 Å². The van der Waals surface area contributed by atoms with Gasteiger partial charge in [0.25, 0.3) is 0 Å². The third-order valence-electron chi connectivity index (χ3n) is 5.61. The third-order valence-corrected chi connectivity index (χ3v) is 8.63. The van der Waals surface area contributed by atoms with Gasteiger partial charge in [-0.3, -0.25) is 4.79 Å². The van der Waals surface area contributed by atoms with Gasteiger partial charge in [-0.2, -0.15) is 4.31 Å². The number of sulfonamides is 1. The van der Waals surface area contributed by atoms with Gasteiger partial charge in [-0.1, -0.05) is 46.4 Å². The van der Waals surface area contributed by atoms with E-state index in [0.717, 1.165) is 30.1 Å². The van der Waals surface area contributed by atoms with Gasteiger partial charge in [-0.05, 0) is 31.0 Å². The Morgan fingerprint density at radius 3 is 2.58 bits per heavy atom. The second-order valence-corrected chi connectivity index (χ2v) is 11.7. The molecule has 7 nitrogen and oxygen atoms in total. The fraction of sp³-hybridized carbons (Fsp3) is 0.636. The molecule has 1 fully saturated rings. The molecule has 0 N–H and O–H groups in total. The van der Waals surface area contributed by atoms with Gasteiger partial charge >= 0.3 is 0 Å². The molecule has 3 rings (SSSR count). The number of hydrogen-bond acceptors (Lipinski definition) is 6. The summed E-state index contributed by atoms with van der Waals surface area (Å²) in [6, 6.07) is 5.12. The first-order valence-corrected chi connectivity index (χ1v) is 13.3. The Balaban J connectivity index is 1.99. The normalized spacial score (nSPS) is 17.7. The average Bonchev–Trinajstić information content (AvgIpc) is 3.34. The van der Waals surface area contributed by atoms with Crippen molar-refractivity contribution in [2.24, 2.45) is 5.41 Å². The van der Waals surface area contributed by atoms with E-state index in [1.807, 2.05) is 40.7 Å². The van der Waals surface area contributed by atoms with Crippen LogP contribution in [0.4, 0.5) is 0 Å². The van der Waals surface area contributed by atoms with Crippen molar-refractivity contribution in [1.29, 1.82) is 0 Å². The number of carbonyl (C=O) groups is 1. The van der Waals surface area contributed by atoms with E-state index in [9.17, 15) is 13.2 Å². The lowest BCUT2D eigenvalue weighted by atomic mass is 9.92. The average molecular weight is 468 g/mol. The monoisotopic (exact) mass is 467 g/mol. The molecule has 0 amide bonds. The zero-order valence-corrected chi connectivity index (χ0v) is 20.7. The molecular weight excluding hydrogens is 434 g/mol. The largest absolute Gasteiger partial charge is 0.376 e. The molecule has 1 aromatic heterocycles. The molecule has 2 aromatic rings. The van der Waals surface area contributed by atoms with E-state index in [0.29, 0.717) is 30.9 Å². The van der Waals surface area contributed by atoms with E-state index >= 15 is 0 Å². The van der Waals surface area contributed by atoms with Crippen molar-refractivity contribution in [3.63, 3.8) is 0 Å². The number of nitrogens with zero attached hydrogens (tertiary/aromatic N) is 3. The standard InChI is InChI=1S/C22H33N3O4S2/c1-6-24(7-2)31(27,28)17-10-11-19-18(13-17)23-21(30-15-20(26)22(3,4)5)25(19)14-16-9-8-12-29-16/h10-11,13,16H,6-9,12,14-15H2,1-5H3/t16-/m1/s1. The van der Waals surface area contributed by atoms with E-state index in [2.05, 4.69) is 4.57 Å². The molecule has 0 spiro atoms. The van der Waals surface area contributed by atoms with Crippen molar-refractivity contribution in [1.82, 2.24) is 13.9 Å². The summed E-state index contributed by atoms with van der Waals surface area (Å²) in [6.45, 7) is 11.6. The quantitative estimate of drug-likeness (QED) is 0.520. The van der Waals surface area contributed by atoms with Crippen LogP contribution in [0.15, 0.2) is 28.3 Å². The number of carbonyl (C=O) groups excluding carboxylic acids is 1. The SMILES string of the molecule is CCN(CC)S(=O)(=O)c1ccc2c(c1)nc(SCC(=O)C(C)(C)C)n2C[C@H]1CCCO1. The molecule has 31 heavy (non-hydrogen) atoms. The third kappa shape index (κ3) is 5.32. The summed E-state index contributed by atoms with van der Waals surface area (Å²) < 4.78 is 35.2. The van der Waals surface area contributed by atoms with Gasteiger partial charge < -0.3 is 9.30 Å². The van der Waals surface area contributed by atoms with Crippen LogP contribution in [0.2, 0.25) is 0 Å². The summed E-state index contributed by atoms with van der Waals surface area (Å²) in [7, 11) is -3.57. The summed E-state index contributed by atoms with van der Waals surface area (Å²) in [5.74, 6) is 0.473. The van der Waals surface area contributed by atoms with Gasteiger partial charge in [0, 0.05) is 25.1 Å². The highest BCUT2D eigenvalue weighted by Gasteiger charge is 2.26. The van der Waals surface area contributed by atoms with Crippen LogP contribution in [0.25, 0.3) is 11.0 Å². The number of imidazole rings is 1. The lowest BCUT2D eigenvalue weighted by molar-refractivity contribution is -0.123. The minimum absolute atomic E-state index is 0.106. The molecule has 172 valence electrons. The fourth-order valence-corrected chi connectivity index (χ4v) is 6.25. The maximum Gasteiger partial charge on any atom is 0.243 e. The molecular formula is C22H33N3O4S2. The molecule has 0 saturated carbocycles. The Morgan fingerprint density at radius 1 is 1.29 bits per heavy atom. The smallest absolute Gasteiger partial charge is 0.243 e. The Labute approximate surface area is 189 Å². The fourth-order valence-electron chi connectivity index (χ4n) is 3.59. The molecule has 0 bridgehead atoms. The van der Waals surface area contributed by atoms with Crippen molar-refractivity contribution in [3.05, 3.63) is 18.2 Å². The lowest BCUT2D eigenvalue weighted by Crippen LogP contribution is -2.30. The summed E-state index contributed by atoms with van der Waals surface area (Å²) >= 11 is 1.41.